The fourth-order valence-corrected chi connectivity index (χ4v) is 1.31. The maximum atomic E-state index is 11.1. The number of rotatable bonds is 3. The van der Waals surface area contributed by atoms with Crippen molar-refractivity contribution in [3.8, 4) is 5.75 Å². The van der Waals surface area contributed by atoms with Crippen molar-refractivity contribution in [2.45, 2.75) is 27.7 Å². The van der Waals surface area contributed by atoms with Gasteiger partial charge in [0.15, 0.2) is 5.78 Å². The number of ketones is 1. The van der Waals surface area contributed by atoms with Gasteiger partial charge in [-0.25, -0.2) is 0 Å². The third kappa shape index (κ3) is 3.57. The molecule has 0 saturated heterocycles. The summed E-state index contributed by atoms with van der Waals surface area (Å²) in [4.78, 5) is 11.1. The molecule has 0 fully saturated rings. The third-order valence-corrected chi connectivity index (χ3v) is 2.20. The maximum absolute atomic E-state index is 11.1. The van der Waals surface area contributed by atoms with E-state index >= 15 is 0 Å². The minimum absolute atomic E-state index is 0.0337. The van der Waals surface area contributed by atoms with Gasteiger partial charge in [0.05, 0.1) is 5.56 Å². The van der Waals surface area contributed by atoms with Crippen LogP contribution in [-0.4, -0.2) is 17.4 Å². The Bertz CT molecular complexity index is 391. The summed E-state index contributed by atoms with van der Waals surface area (Å²) in [6.45, 7) is 8.64. The Morgan fingerprint density at radius 1 is 1.38 bits per heavy atom. The van der Waals surface area contributed by atoms with Crippen LogP contribution in [-0.2, 0) is 0 Å². The number of benzene rings is 1. The monoisotopic (exact) mass is 221 g/mol. The van der Waals surface area contributed by atoms with Crippen molar-refractivity contribution in [3.63, 3.8) is 0 Å². The molecule has 0 radical (unpaired) electrons. The molecule has 0 aliphatic rings. The number of hydrogen-bond acceptors (Lipinski definition) is 3. The third-order valence-electron chi connectivity index (χ3n) is 2.20. The Morgan fingerprint density at radius 3 is 2.44 bits per heavy atom. The highest BCUT2D eigenvalue weighted by Crippen LogP contribution is 2.23. The van der Waals surface area contributed by atoms with Gasteiger partial charge in [-0.2, -0.15) is 0 Å². The molecule has 0 aliphatic heterocycles. The zero-order valence-electron chi connectivity index (χ0n) is 10.3. The number of carbonyl (C=O) groups is 1. The minimum atomic E-state index is -0.125. The van der Waals surface area contributed by atoms with Crippen LogP contribution in [0.25, 0.3) is 0 Å². The second kappa shape index (κ2) is 4.56. The normalized spacial score (nSPS) is 11.2. The summed E-state index contributed by atoms with van der Waals surface area (Å²) in [6, 6.07) is 5.04. The molecule has 1 rings (SSSR count). The van der Waals surface area contributed by atoms with Crippen LogP contribution in [0.1, 0.15) is 38.1 Å². The molecule has 0 amide bonds. The van der Waals surface area contributed by atoms with Crippen LogP contribution < -0.4 is 5.32 Å². The lowest BCUT2D eigenvalue weighted by Gasteiger charge is -2.19. The van der Waals surface area contributed by atoms with E-state index in [-0.39, 0.29) is 16.9 Å². The molecule has 88 valence electrons. The molecule has 0 heterocycles. The largest absolute Gasteiger partial charge is 0.507 e. The molecule has 1 aromatic carbocycles. The molecule has 0 bridgehead atoms. The number of anilines is 1. The standard InChI is InChI=1S/C13H19NO2/c1-9(15)11-6-5-10(7-12(11)16)14-8-13(2,3)4/h5-7,14,16H,8H2,1-4H3. The number of phenols is 1. The number of carbonyl (C=O) groups excluding carboxylic acids is 1. The summed E-state index contributed by atoms with van der Waals surface area (Å²) in [5.74, 6) is -0.0914. The topological polar surface area (TPSA) is 49.3 Å². The van der Waals surface area contributed by atoms with Gasteiger partial charge in [-0.15, -0.1) is 0 Å². The van der Waals surface area contributed by atoms with Gasteiger partial charge in [-0.05, 0) is 24.5 Å². The van der Waals surface area contributed by atoms with Gasteiger partial charge < -0.3 is 10.4 Å². The highest BCUT2D eigenvalue weighted by Gasteiger charge is 2.11. The second-order valence-corrected chi connectivity index (χ2v) is 5.20. The molecule has 0 aliphatic carbocycles. The van der Waals surface area contributed by atoms with Crippen LogP contribution in [0.15, 0.2) is 18.2 Å². The quantitative estimate of drug-likeness (QED) is 0.771. The van der Waals surface area contributed by atoms with Gasteiger partial charge in [0.1, 0.15) is 5.75 Å². The van der Waals surface area contributed by atoms with E-state index in [9.17, 15) is 9.90 Å². The lowest BCUT2D eigenvalue weighted by atomic mass is 9.97. The minimum Gasteiger partial charge on any atom is -0.507 e. The van der Waals surface area contributed by atoms with Gasteiger partial charge in [0.2, 0.25) is 0 Å². The Morgan fingerprint density at radius 2 is 2.00 bits per heavy atom. The summed E-state index contributed by atoms with van der Waals surface area (Å²) in [7, 11) is 0. The van der Waals surface area contributed by atoms with E-state index in [0.29, 0.717) is 5.56 Å². The summed E-state index contributed by atoms with van der Waals surface area (Å²) >= 11 is 0. The van der Waals surface area contributed by atoms with E-state index in [0.717, 1.165) is 12.2 Å². The van der Waals surface area contributed by atoms with Crippen molar-refractivity contribution < 1.29 is 9.90 Å². The Balaban J connectivity index is 2.78. The molecule has 3 heteroatoms. The van der Waals surface area contributed by atoms with Gasteiger partial charge in [0.25, 0.3) is 0 Å². The number of nitrogens with one attached hydrogen (secondary N) is 1. The first kappa shape index (κ1) is 12.6. The SMILES string of the molecule is CC(=O)c1ccc(NCC(C)(C)C)cc1O. The number of Topliss-reactive ketones (excluding diaryl/α,β-unsaturated/α-hetero) is 1. The average molecular weight is 221 g/mol. The van der Waals surface area contributed by atoms with E-state index in [2.05, 4.69) is 26.1 Å². The number of hydrogen-bond donors (Lipinski definition) is 2. The van der Waals surface area contributed by atoms with Gasteiger partial charge >= 0.3 is 0 Å². The highest BCUT2D eigenvalue weighted by molar-refractivity contribution is 5.97. The Labute approximate surface area is 96.5 Å². The lowest BCUT2D eigenvalue weighted by molar-refractivity contribution is 0.101. The molecule has 3 nitrogen and oxygen atoms in total. The van der Waals surface area contributed by atoms with E-state index in [1.54, 1.807) is 12.1 Å². The number of aromatic hydroxyl groups is 1. The smallest absolute Gasteiger partial charge is 0.163 e. The first-order valence-electron chi connectivity index (χ1n) is 5.37. The second-order valence-electron chi connectivity index (χ2n) is 5.20. The van der Waals surface area contributed by atoms with E-state index in [1.807, 2.05) is 6.07 Å². The van der Waals surface area contributed by atoms with Crippen molar-refractivity contribution in [2.24, 2.45) is 5.41 Å². The molecular formula is C13H19NO2. The average Bonchev–Trinajstić information content (AvgIpc) is 2.13. The van der Waals surface area contributed by atoms with Crippen molar-refractivity contribution in [1.29, 1.82) is 0 Å². The summed E-state index contributed by atoms with van der Waals surface area (Å²) in [5.41, 5.74) is 1.37. The Kier molecular flexibility index (Phi) is 3.58. The van der Waals surface area contributed by atoms with Gasteiger partial charge in [-0.3, -0.25) is 4.79 Å². The predicted octanol–water partition coefficient (Wildman–Crippen LogP) is 3.05. The van der Waals surface area contributed by atoms with Gasteiger partial charge in [0, 0.05) is 18.3 Å². The Hall–Kier alpha value is -1.51. The van der Waals surface area contributed by atoms with Crippen molar-refractivity contribution in [3.05, 3.63) is 23.8 Å². The first-order chi connectivity index (χ1) is 7.29. The summed E-state index contributed by atoms with van der Waals surface area (Å²) in [5, 5.41) is 12.9. The van der Waals surface area contributed by atoms with E-state index < -0.39 is 0 Å². The zero-order valence-corrected chi connectivity index (χ0v) is 10.3. The molecule has 16 heavy (non-hydrogen) atoms. The fourth-order valence-electron chi connectivity index (χ4n) is 1.31. The van der Waals surface area contributed by atoms with Crippen LogP contribution in [0.2, 0.25) is 0 Å². The molecule has 0 spiro atoms. The molecule has 1 aromatic rings. The molecule has 0 aromatic heterocycles. The van der Waals surface area contributed by atoms with Gasteiger partial charge in [-0.1, -0.05) is 20.8 Å². The van der Waals surface area contributed by atoms with Crippen LogP contribution in [0.3, 0.4) is 0 Å². The summed E-state index contributed by atoms with van der Waals surface area (Å²) < 4.78 is 0. The van der Waals surface area contributed by atoms with Crippen LogP contribution in [0, 0.1) is 5.41 Å². The number of phenolic OH excluding ortho intramolecular Hbond substituents is 1. The van der Waals surface area contributed by atoms with Crippen LogP contribution in [0.5, 0.6) is 5.75 Å². The van der Waals surface area contributed by atoms with E-state index in [1.165, 1.54) is 6.92 Å². The van der Waals surface area contributed by atoms with Crippen molar-refractivity contribution in [1.82, 2.24) is 0 Å². The van der Waals surface area contributed by atoms with Crippen molar-refractivity contribution >= 4 is 11.5 Å². The fraction of sp³-hybridized carbons (Fsp3) is 0.462. The lowest BCUT2D eigenvalue weighted by Crippen LogP contribution is -2.18. The van der Waals surface area contributed by atoms with E-state index in [4.69, 9.17) is 0 Å². The zero-order chi connectivity index (χ0) is 12.3. The van der Waals surface area contributed by atoms with Crippen LogP contribution in [0.4, 0.5) is 5.69 Å². The molecule has 0 saturated carbocycles. The maximum Gasteiger partial charge on any atom is 0.163 e. The molecule has 0 unspecified atom stereocenters. The summed E-state index contributed by atoms with van der Waals surface area (Å²) in [6.07, 6.45) is 0. The van der Waals surface area contributed by atoms with Crippen molar-refractivity contribution in [2.75, 3.05) is 11.9 Å². The molecule has 2 N–H and O–H groups in total. The molecule has 0 atom stereocenters. The highest BCUT2D eigenvalue weighted by atomic mass is 16.3. The van der Waals surface area contributed by atoms with Crippen LogP contribution >= 0.6 is 0 Å². The molecular weight excluding hydrogens is 202 g/mol. The first-order valence-corrected chi connectivity index (χ1v) is 5.37. The predicted molar refractivity (Wildman–Crippen MR) is 66.1 cm³/mol.